The van der Waals surface area contributed by atoms with Gasteiger partial charge in [-0.15, -0.1) is 0 Å². The molecule has 0 unspecified atom stereocenters. The molecule has 0 aromatic heterocycles. The third-order valence-corrected chi connectivity index (χ3v) is 4.80. The van der Waals surface area contributed by atoms with E-state index in [1.165, 1.54) is 0 Å². The zero-order valence-corrected chi connectivity index (χ0v) is 8.37. The van der Waals surface area contributed by atoms with Crippen LogP contribution in [0, 0.1) is 0 Å². The molecule has 0 atom stereocenters. The van der Waals surface area contributed by atoms with E-state index in [-0.39, 0.29) is 0 Å². The van der Waals surface area contributed by atoms with Gasteiger partial charge in [0.1, 0.15) is 5.75 Å². The zero-order valence-electron chi connectivity index (χ0n) is 7.48. The van der Waals surface area contributed by atoms with E-state index in [4.69, 9.17) is 4.52 Å². The van der Waals surface area contributed by atoms with Crippen molar-refractivity contribution in [2.24, 2.45) is 0 Å². The number of benzene rings is 1. The van der Waals surface area contributed by atoms with Gasteiger partial charge in [-0.3, -0.25) is 4.57 Å². The monoisotopic (exact) mass is 196 g/mol. The van der Waals surface area contributed by atoms with E-state index in [1.54, 1.807) is 0 Å². The van der Waals surface area contributed by atoms with Crippen molar-refractivity contribution in [1.29, 1.82) is 0 Å². The summed E-state index contributed by atoms with van der Waals surface area (Å²) in [4.78, 5) is 0. The minimum absolute atomic E-state index is 0.743. The first-order valence-electron chi connectivity index (χ1n) is 4.61. The van der Waals surface area contributed by atoms with Crippen molar-refractivity contribution in [3.63, 3.8) is 0 Å². The highest BCUT2D eigenvalue weighted by atomic mass is 31.2. The molecule has 0 saturated carbocycles. The van der Waals surface area contributed by atoms with Crippen LogP contribution in [0.15, 0.2) is 30.3 Å². The van der Waals surface area contributed by atoms with Gasteiger partial charge in [0.05, 0.1) is 0 Å². The molecule has 0 amide bonds. The molecule has 0 bridgehead atoms. The summed E-state index contributed by atoms with van der Waals surface area (Å²) in [5.74, 6) is 0.743. The van der Waals surface area contributed by atoms with E-state index < -0.39 is 7.37 Å². The number of hydrogen-bond donors (Lipinski definition) is 0. The molecule has 2 rings (SSSR count). The van der Waals surface area contributed by atoms with Gasteiger partial charge >= 0.3 is 0 Å². The molecule has 1 fully saturated rings. The summed E-state index contributed by atoms with van der Waals surface area (Å²) >= 11 is 0. The van der Waals surface area contributed by atoms with Crippen LogP contribution in [0.4, 0.5) is 0 Å². The molecular formula is C10H13O2P. The van der Waals surface area contributed by atoms with Crippen LogP contribution >= 0.6 is 7.37 Å². The first kappa shape index (κ1) is 8.83. The Kier molecular flexibility index (Phi) is 2.41. The molecule has 1 saturated heterocycles. The summed E-state index contributed by atoms with van der Waals surface area (Å²) in [5.41, 5.74) is 0. The van der Waals surface area contributed by atoms with Crippen LogP contribution in [-0.4, -0.2) is 12.3 Å². The molecule has 0 radical (unpaired) electrons. The fourth-order valence-electron chi connectivity index (χ4n) is 1.58. The van der Waals surface area contributed by atoms with Crippen molar-refractivity contribution >= 4 is 7.37 Å². The van der Waals surface area contributed by atoms with Crippen molar-refractivity contribution in [2.75, 3.05) is 12.3 Å². The fourth-order valence-corrected chi connectivity index (χ4v) is 3.90. The number of hydrogen-bond acceptors (Lipinski definition) is 2. The Labute approximate surface area is 78.4 Å². The maximum absolute atomic E-state index is 12.0. The molecule has 1 aromatic rings. The molecule has 0 N–H and O–H groups in total. The first-order chi connectivity index (χ1) is 6.29. The summed E-state index contributed by atoms with van der Waals surface area (Å²) in [6, 6.07) is 9.45. The van der Waals surface area contributed by atoms with E-state index in [0.717, 1.165) is 30.9 Å². The molecule has 70 valence electrons. The lowest BCUT2D eigenvalue weighted by atomic mass is 10.3. The maximum atomic E-state index is 12.0. The van der Waals surface area contributed by atoms with Crippen molar-refractivity contribution in [1.82, 2.24) is 0 Å². The smallest absolute Gasteiger partial charge is 0.247 e. The third kappa shape index (κ3) is 2.13. The van der Waals surface area contributed by atoms with Crippen LogP contribution in [-0.2, 0) is 4.57 Å². The molecule has 1 aromatic carbocycles. The quantitative estimate of drug-likeness (QED) is 0.679. The van der Waals surface area contributed by atoms with Gasteiger partial charge in [0.25, 0.3) is 0 Å². The summed E-state index contributed by atoms with van der Waals surface area (Å²) in [6.07, 6.45) is 3.60. The van der Waals surface area contributed by atoms with Crippen molar-refractivity contribution in [2.45, 2.75) is 12.8 Å². The van der Waals surface area contributed by atoms with Crippen LogP contribution in [0.25, 0.3) is 0 Å². The SMILES string of the molecule is O=P1(Oc2ccccc2)CCCC1. The van der Waals surface area contributed by atoms with Gasteiger partial charge in [0.15, 0.2) is 0 Å². The number of rotatable bonds is 2. The Morgan fingerprint density at radius 3 is 2.31 bits per heavy atom. The predicted molar refractivity (Wildman–Crippen MR) is 53.6 cm³/mol. The Balaban J connectivity index is 2.10. The second-order valence-electron chi connectivity index (χ2n) is 3.37. The number of para-hydroxylation sites is 1. The van der Waals surface area contributed by atoms with Gasteiger partial charge in [-0.2, -0.15) is 0 Å². The molecule has 0 spiro atoms. The average Bonchev–Trinajstić information content (AvgIpc) is 2.54. The van der Waals surface area contributed by atoms with Crippen LogP contribution < -0.4 is 4.52 Å². The summed E-state index contributed by atoms with van der Waals surface area (Å²) < 4.78 is 17.5. The average molecular weight is 196 g/mol. The lowest BCUT2D eigenvalue weighted by Crippen LogP contribution is -1.93. The molecule has 1 aliphatic heterocycles. The molecular weight excluding hydrogens is 183 g/mol. The molecule has 3 heteroatoms. The van der Waals surface area contributed by atoms with Gasteiger partial charge < -0.3 is 4.52 Å². The van der Waals surface area contributed by atoms with E-state index in [2.05, 4.69) is 0 Å². The van der Waals surface area contributed by atoms with E-state index in [0.29, 0.717) is 0 Å². The Hall–Kier alpha value is -0.750. The normalized spacial score (nSPS) is 20.0. The van der Waals surface area contributed by atoms with Crippen molar-refractivity contribution in [3.8, 4) is 5.75 Å². The molecule has 0 aliphatic carbocycles. The maximum Gasteiger partial charge on any atom is 0.247 e. The van der Waals surface area contributed by atoms with Gasteiger partial charge in [0, 0.05) is 12.3 Å². The molecule has 2 nitrogen and oxygen atoms in total. The van der Waals surface area contributed by atoms with Crippen LogP contribution in [0.5, 0.6) is 5.75 Å². The van der Waals surface area contributed by atoms with Crippen molar-refractivity contribution in [3.05, 3.63) is 30.3 Å². The fraction of sp³-hybridized carbons (Fsp3) is 0.400. The van der Waals surface area contributed by atoms with Gasteiger partial charge in [0.2, 0.25) is 7.37 Å². The van der Waals surface area contributed by atoms with Crippen LogP contribution in [0.1, 0.15) is 12.8 Å². The highest BCUT2D eigenvalue weighted by Crippen LogP contribution is 2.52. The summed E-state index contributed by atoms with van der Waals surface area (Å²) in [7, 11) is -2.29. The topological polar surface area (TPSA) is 26.3 Å². The predicted octanol–water partition coefficient (Wildman–Crippen LogP) is 3.14. The largest absolute Gasteiger partial charge is 0.443 e. The lowest BCUT2D eigenvalue weighted by molar-refractivity contribution is 0.488. The van der Waals surface area contributed by atoms with Crippen LogP contribution in [0.3, 0.4) is 0 Å². The Morgan fingerprint density at radius 1 is 1.08 bits per heavy atom. The van der Waals surface area contributed by atoms with Crippen LogP contribution in [0.2, 0.25) is 0 Å². The minimum Gasteiger partial charge on any atom is -0.443 e. The minimum atomic E-state index is -2.29. The zero-order chi connectivity index (χ0) is 9.15. The Morgan fingerprint density at radius 2 is 1.69 bits per heavy atom. The van der Waals surface area contributed by atoms with E-state index in [9.17, 15) is 4.57 Å². The first-order valence-corrected chi connectivity index (χ1v) is 6.61. The van der Waals surface area contributed by atoms with Gasteiger partial charge in [-0.25, -0.2) is 0 Å². The second-order valence-corrected chi connectivity index (χ2v) is 6.08. The molecule has 1 aliphatic rings. The summed E-state index contributed by atoms with van der Waals surface area (Å²) in [5, 5.41) is 0. The Bertz CT molecular complexity index is 311. The van der Waals surface area contributed by atoms with Crippen molar-refractivity contribution < 1.29 is 9.09 Å². The summed E-state index contributed by atoms with van der Waals surface area (Å²) in [6.45, 7) is 0. The van der Waals surface area contributed by atoms with E-state index in [1.807, 2.05) is 30.3 Å². The van der Waals surface area contributed by atoms with Gasteiger partial charge in [-0.05, 0) is 25.0 Å². The second kappa shape index (κ2) is 3.55. The lowest BCUT2D eigenvalue weighted by Gasteiger charge is -2.12. The standard InChI is InChI=1S/C10H13O2P/c11-13(8-4-5-9-13)12-10-6-2-1-3-7-10/h1-3,6-7H,4-5,8-9H2. The molecule has 13 heavy (non-hydrogen) atoms. The highest BCUT2D eigenvalue weighted by Gasteiger charge is 2.28. The highest BCUT2D eigenvalue weighted by molar-refractivity contribution is 7.59. The molecule has 1 heterocycles. The van der Waals surface area contributed by atoms with E-state index >= 15 is 0 Å². The van der Waals surface area contributed by atoms with Gasteiger partial charge in [-0.1, -0.05) is 18.2 Å². The third-order valence-electron chi connectivity index (χ3n) is 2.26.